The fourth-order valence-electron chi connectivity index (χ4n) is 3.49. The molecule has 0 unspecified atom stereocenters. The molecule has 0 saturated heterocycles. The first-order valence-electron chi connectivity index (χ1n) is 8.49. The summed E-state index contributed by atoms with van der Waals surface area (Å²) in [6.45, 7) is 0.620. The van der Waals surface area contributed by atoms with Gasteiger partial charge in [-0.25, -0.2) is 0 Å². The number of carbonyl (C=O) groups is 1. The summed E-state index contributed by atoms with van der Waals surface area (Å²) in [7, 11) is 0. The van der Waals surface area contributed by atoms with Crippen molar-refractivity contribution in [2.24, 2.45) is 5.73 Å². The van der Waals surface area contributed by atoms with Crippen molar-refractivity contribution in [3.8, 4) is 11.3 Å². The standard InChI is InChI=1S/C19H18N4O3/c20-7-1-2-11-3-5-17-15(8-11)19-14(10-18(24)21-17)13-9-12(23(25)26)4-6-16(13)22-19/h3-6,8-9,22H,1-2,7,10,20H2,(H,21,24). The molecule has 0 atom stereocenters. The molecule has 0 bridgehead atoms. The van der Waals surface area contributed by atoms with Gasteiger partial charge in [-0.15, -0.1) is 0 Å². The predicted molar refractivity (Wildman–Crippen MR) is 100 cm³/mol. The number of benzene rings is 2. The number of H-pyrrole nitrogens is 1. The molecule has 2 aromatic carbocycles. The van der Waals surface area contributed by atoms with Crippen LogP contribution in [0.4, 0.5) is 11.4 Å². The SMILES string of the molecule is NCCCc1ccc2c(c1)-c1[nH]c3ccc([N+](=O)[O-])cc3c1CC(=O)N2. The number of non-ortho nitro benzene ring substituents is 1. The Balaban J connectivity index is 1.92. The summed E-state index contributed by atoms with van der Waals surface area (Å²) in [4.78, 5) is 26.4. The number of aromatic nitrogens is 1. The van der Waals surface area contributed by atoms with E-state index in [2.05, 4.69) is 16.4 Å². The van der Waals surface area contributed by atoms with Crippen molar-refractivity contribution in [1.29, 1.82) is 0 Å². The van der Waals surface area contributed by atoms with Crippen LogP contribution in [0.3, 0.4) is 0 Å². The third kappa shape index (κ3) is 2.72. The minimum absolute atomic E-state index is 0.0147. The topological polar surface area (TPSA) is 114 Å². The Morgan fingerprint density at radius 3 is 2.81 bits per heavy atom. The van der Waals surface area contributed by atoms with Crippen LogP contribution in [-0.4, -0.2) is 22.4 Å². The van der Waals surface area contributed by atoms with Crippen molar-refractivity contribution < 1.29 is 9.72 Å². The summed E-state index contributed by atoms with van der Waals surface area (Å²) in [5.41, 5.74) is 10.8. The number of rotatable bonds is 4. The van der Waals surface area contributed by atoms with Crippen LogP contribution in [-0.2, 0) is 17.6 Å². The van der Waals surface area contributed by atoms with Gasteiger partial charge >= 0.3 is 0 Å². The highest BCUT2D eigenvalue weighted by atomic mass is 16.6. The van der Waals surface area contributed by atoms with Gasteiger partial charge in [-0.05, 0) is 48.7 Å². The van der Waals surface area contributed by atoms with Crippen LogP contribution >= 0.6 is 0 Å². The Labute approximate surface area is 149 Å². The number of fused-ring (bicyclic) bond motifs is 5. The number of anilines is 1. The molecule has 0 spiro atoms. The second-order valence-corrected chi connectivity index (χ2v) is 6.46. The number of amides is 1. The Morgan fingerprint density at radius 1 is 1.19 bits per heavy atom. The molecule has 0 radical (unpaired) electrons. The van der Waals surface area contributed by atoms with Crippen LogP contribution < -0.4 is 11.1 Å². The zero-order valence-electron chi connectivity index (χ0n) is 14.0. The smallest absolute Gasteiger partial charge is 0.270 e. The van der Waals surface area contributed by atoms with Crippen LogP contribution in [0.5, 0.6) is 0 Å². The number of hydrogen-bond acceptors (Lipinski definition) is 4. The first-order valence-corrected chi connectivity index (χ1v) is 8.49. The zero-order chi connectivity index (χ0) is 18.3. The molecule has 1 aliphatic rings. The second-order valence-electron chi connectivity index (χ2n) is 6.46. The van der Waals surface area contributed by atoms with E-state index in [1.54, 1.807) is 6.07 Å². The van der Waals surface area contributed by atoms with Crippen LogP contribution in [0.2, 0.25) is 0 Å². The number of aromatic amines is 1. The highest BCUT2D eigenvalue weighted by Crippen LogP contribution is 2.39. The average Bonchev–Trinajstić information content (AvgIpc) is 2.91. The molecule has 132 valence electrons. The van der Waals surface area contributed by atoms with Crippen LogP contribution in [0.1, 0.15) is 17.5 Å². The summed E-state index contributed by atoms with van der Waals surface area (Å²) in [5, 5.41) is 14.8. The zero-order valence-corrected chi connectivity index (χ0v) is 14.0. The fraction of sp³-hybridized carbons (Fsp3) is 0.211. The lowest BCUT2D eigenvalue weighted by Crippen LogP contribution is -2.12. The second kappa shape index (κ2) is 6.27. The summed E-state index contributed by atoms with van der Waals surface area (Å²) in [6, 6.07) is 10.6. The van der Waals surface area contributed by atoms with Gasteiger partial charge < -0.3 is 16.0 Å². The lowest BCUT2D eigenvalue weighted by atomic mass is 9.99. The molecule has 0 saturated carbocycles. The van der Waals surface area contributed by atoms with Gasteiger partial charge in [0.15, 0.2) is 0 Å². The first-order chi connectivity index (χ1) is 12.6. The van der Waals surface area contributed by atoms with Crippen LogP contribution in [0.15, 0.2) is 36.4 Å². The number of hydrogen-bond donors (Lipinski definition) is 3. The van der Waals surface area contributed by atoms with E-state index in [1.807, 2.05) is 12.1 Å². The maximum Gasteiger partial charge on any atom is 0.270 e. The molecule has 2 heterocycles. The summed E-state index contributed by atoms with van der Waals surface area (Å²) < 4.78 is 0. The number of nitrogens with two attached hydrogens (primary N) is 1. The van der Waals surface area contributed by atoms with Gasteiger partial charge in [-0.1, -0.05) is 6.07 Å². The molecule has 0 aliphatic carbocycles. The number of nitrogens with one attached hydrogen (secondary N) is 2. The van der Waals surface area contributed by atoms with E-state index in [-0.39, 0.29) is 18.0 Å². The molecule has 4 rings (SSSR count). The molecule has 0 fully saturated rings. The molecule has 3 aromatic rings. The Bertz CT molecular complexity index is 1040. The van der Waals surface area contributed by atoms with E-state index in [9.17, 15) is 14.9 Å². The Hall–Kier alpha value is -3.19. The van der Waals surface area contributed by atoms with Gasteiger partial charge in [-0.2, -0.15) is 0 Å². The van der Waals surface area contributed by atoms with Gasteiger partial charge in [0.1, 0.15) is 0 Å². The van der Waals surface area contributed by atoms with Crippen molar-refractivity contribution in [1.82, 2.24) is 4.98 Å². The van der Waals surface area contributed by atoms with Gasteiger partial charge in [-0.3, -0.25) is 14.9 Å². The summed E-state index contributed by atoms with van der Waals surface area (Å²) >= 11 is 0. The molecule has 7 nitrogen and oxygen atoms in total. The third-order valence-corrected chi connectivity index (χ3v) is 4.73. The molecule has 1 aliphatic heterocycles. The quantitative estimate of drug-likeness (QED) is 0.495. The third-order valence-electron chi connectivity index (χ3n) is 4.73. The van der Waals surface area contributed by atoms with Gasteiger partial charge in [0.2, 0.25) is 5.91 Å². The Morgan fingerprint density at radius 2 is 2.04 bits per heavy atom. The van der Waals surface area contributed by atoms with E-state index in [0.29, 0.717) is 11.9 Å². The molecule has 1 amide bonds. The van der Waals surface area contributed by atoms with E-state index in [0.717, 1.165) is 46.4 Å². The van der Waals surface area contributed by atoms with Crippen molar-refractivity contribution in [3.05, 3.63) is 57.6 Å². The number of nitro groups is 1. The number of nitro benzene ring substituents is 1. The molecular formula is C19H18N4O3. The van der Waals surface area contributed by atoms with E-state index in [4.69, 9.17) is 5.73 Å². The van der Waals surface area contributed by atoms with Crippen LogP contribution in [0.25, 0.3) is 22.2 Å². The minimum atomic E-state index is -0.422. The highest BCUT2D eigenvalue weighted by molar-refractivity contribution is 6.05. The normalized spacial score (nSPS) is 13.0. The van der Waals surface area contributed by atoms with Gasteiger partial charge in [0, 0.05) is 28.6 Å². The van der Waals surface area contributed by atoms with Crippen LogP contribution in [0, 0.1) is 10.1 Å². The predicted octanol–water partition coefficient (Wildman–Crippen LogP) is 3.13. The van der Waals surface area contributed by atoms with E-state index in [1.165, 1.54) is 12.1 Å². The summed E-state index contributed by atoms with van der Waals surface area (Å²) in [5.74, 6) is -0.132. The van der Waals surface area contributed by atoms with Gasteiger partial charge in [0.25, 0.3) is 5.69 Å². The van der Waals surface area contributed by atoms with Gasteiger partial charge in [0.05, 0.1) is 22.7 Å². The van der Waals surface area contributed by atoms with Crippen molar-refractivity contribution >= 4 is 28.2 Å². The summed E-state index contributed by atoms with van der Waals surface area (Å²) in [6.07, 6.45) is 1.92. The van der Waals surface area contributed by atoms with E-state index < -0.39 is 4.92 Å². The van der Waals surface area contributed by atoms with Crippen molar-refractivity contribution in [3.63, 3.8) is 0 Å². The minimum Gasteiger partial charge on any atom is -0.354 e. The largest absolute Gasteiger partial charge is 0.354 e. The fourth-order valence-corrected chi connectivity index (χ4v) is 3.49. The lowest BCUT2D eigenvalue weighted by Gasteiger charge is -2.09. The van der Waals surface area contributed by atoms with E-state index >= 15 is 0 Å². The highest BCUT2D eigenvalue weighted by Gasteiger charge is 2.24. The maximum absolute atomic E-state index is 12.4. The molecule has 26 heavy (non-hydrogen) atoms. The number of nitrogens with zero attached hydrogens (tertiary/aromatic N) is 1. The van der Waals surface area contributed by atoms with Crippen molar-refractivity contribution in [2.75, 3.05) is 11.9 Å². The first kappa shape index (κ1) is 16.3. The lowest BCUT2D eigenvalue weighted by molar-refractivity contribution is -0.384. The Kier molecular flexibility index (Phi) is 3.93. The molecular weight excluding hydrogens is 332 g/mol. The van der Waals surface area contributed by atoms with Crippen molar-refractivity contribution in [2.45, 2.75) is 19.3 Å². The molecule has 4 N–H and O–H groups in total. The number of carbonyl (C=O) groups excluding carboxylic acids is 1. The monoisotopic (exact) mass is 350 g/mol. The number of aryl methyl sites for hydroxylation is 1. The molecule has 1 aromatic heterocycles. The average molecular weight is 350 g/mol. The molecule has 7 heteroatoms. The maximum atomic E-state index is 12.4.